The number of carbonyl (C=O) groups excluding carboxylic acids is 1. The molecule has 0 aliphatic carbocycles. The Morgan fingerprint density at radius 3 is 2.78 bits per heavy atom. The lowest BCUT2D eigenvalue weighted by Gasteiger charge is -2.26. The van der Waals surface area contributed by atoms with Crippen LogP contribution in [0, 0.1) is 0 Å². The molecule has 1 aliphatic rings. The first kappa shape index (κ1) is 17.6. The number of rotatable bonds is 7. The minimum atomic E-state index is -3.68. The lowest BCUT2D eigenvalue weighted by Crippen LogP contribution is -2.38. The number of morpholine rings is 1. The van der Waals surface area contributed by atoms with Crippen molar-refractivity contribution in [1.82, 2.24) is 4.90 Å². The zero-order valence-electron chi connectivity index (χ0n) is 13.1. The maximum absolute atomic E-state index is 14.0. The van der Waals surface area contributed by atoms with E-state index in [9.17, 15) is 13.6 Å². The van der Waals surface area contributed by atoms with Gasteiger partial charge < -0.3 is 14.2 Å². The van der Waals surface area contributed by atoms with Gasteiger partial charge in [0.05, 0.1) is 19.8 Å². The minimum absolute atomic E-state index is 0.0931. The van der Waals surface area contributed by atoms with Crippen LogP contribution in [0.4, 0.5) is 8.78 Å². The number of esters is 1. The Hall–Kier alpha value is -1.73. The van der Waals surface area contributed by atoms with Gasteiger partial charge in [-0.2, -0.15) is 8.78 Å². The summed E-state index contributed by atoms with van der Waals surface area (Å²) in [6.45, 7) is 5.54. The summed E-state index contributed by atoms with van der Waals surface area (Å²) in [4.78, 5) is 13.5. The largest absolute Gasteiger partial charge is 0.492 e. The number of nitrogens with zero attached hydrogens (tertiary/aromatic N) is 1. The first-order chi connectivity index (χ1) is 11.0. The standard InChI is InChI=1S/C16H21F2NO4/c1-2-22-15(20)16(17,18)13-4-3-5-14(12-13)23-11-8-19-6-9-21-10-7-19/h3-5,12H,2,6-11H2,1H3. The van der Waals surface area contributed by atoms with Crippen molar-refractivity contribution < 1.29 is 27.8 Å². The van der Waals surface area contributed by atoms with E-state index in [0.29, 0.717) is 32.1 Å². The van der Waals surface area contributed by atoms with Gasteiger partial charge in [0.15, 0.2) is 0 Å². The van der Waals surface area contributed by atoms with E-state index in [4.69, 9.17) is 9.47 Å². The van der Waals surface area contributed by atoms with Gasteiger partial charge in [-0.3, -0.25) is 4.90 Å². The molecule has 0 atom stereocenters. The predicted octanol–water partition coefficient (Wildman–Crippen LogP) is 2.05. The van der Waals surface area contributed by atoms with E-state index in [0.717, 1.165) is 13.1 Å². The highest BCUT2D eigenvalue weighted by Gasteiger charge is 2.42. The Bertz CT molecular complexity index is 519. The van der Waals surface area contributed by atoms with Crippen LogP contribution in [-0.2, 0) is 20.2 Å². The molecule has 1 saturated heterocycles. The average molecular weight is 329 g/mol. The van der Waals surface area contributed by atoms with Crippen molar-refractivity contribution in [1.29, 1.82) is 0 Å². The summed E-state index contributed by atoms with van der Waals surface area (Å²) in [7, 11) is 0. The highest BCUT2D eigenvalue weighted by molar-refractivity contribution is 5.79. The highest BCUT2D eigenvalue weighted by Crippen LogP contribution is 2.31. The van der Waals surface area contributed by atoms with Crippen molar-refractivity contribution in [3.05, 3.63) is 29.8 Å². The predicted molar refractivity (Wildman–Crippen MR) is 79.7 cm³/mol. The molecule has 1 aromatic rings. The van der Waals surface area contributed by atoms with Gasteiger partial charge in [-0.05, 0) is 19.1 Å². The van der Waals surface area contributed by atoms with E-state index in [1.165, 1.54) is 25.1 Å². The molecule has 0 unspecified atom stereocenters. The molecule has 1 aromatic carbocycles. The van der Waals surface area contributed by atoms with Crippen LogP contribution in [0.15, 0.2) is 24.3 Å². The summed E-state index contributed by atoms with van der Waals surface area (Å²) in [5.74, 6) is -4.93. The summed E-state index contributed by atoms with van der Waals surface area (Å²) in [6, 6.07) is 5.39. The quantitative estimate of drug-likeness (QED) is 0.717. The van der Waals surface area contributed by atoms with E-state index in [2.05, 4.69) is 9.64 Å². The fourth-order valence-corrected chi connectivity index (χ4v) is 2.24. The van der Waals surface area contributed by atoms with Crippen molar-refractivity contribution in [2.24, 2.45) is 0 Å². The van der Waals surface area contributed by atoms with E-state index >= 15 is 0 Å². The molecule has 0 N–H and O–H groups in total. The first-order valence-electron chi connectivity index (χ1n) is 7.62. The van der Waals surface area contributed by atoms with Crippen LogP contribution in [0.25, 0.3) is 0 Å². The Morgan fingerprint density at radius 1 is 1.35 bits per heavy atom. The second-order valence-electron chi connectivity index (χ2n) is 5.13. The Balaban J connectivity index is 1.92. The maximum atomic E-state index is 14.0. The van der Waals surface area contributed by atoms with Crippen LogP contribution >= 0.6 is 0 Å². The summed E-state index contributed by atoms with van der Waals surface area (Å²) < 4.78 is 43.1. The molecular weight excluding hydrogens is 308 g/mol. The molecule has 1 heterocycles. The van der Waals surface area contributed by atoms with Gasteiger partial charge in [0.1, 0.15) is 12.4 Å². The van der Waals surface area contributed by atoms with Crippen LogP contribution < -0.4 is 4.74 Å². The lowest BCUT2D eigenvalue weighted by atomic mass is 10.1. The van der Waals surface area contributed by atoms with Crippen molar-refractivity contribution >= 4 is 5.97 Å². The molecule has 128 valence electrons. The SMILES string of the molecule is CCOC(=O)C(F)(F)c1cccc(OCCN2CCOCC2)c1. The molecular formula is C16H21F2NO4. The zero-order chi connectivity index (χ0) is 16.7. The summed E-state index contributed by atoms with van der Waals surface area (Å²) in [6.07, 6.45) is 0. The van der Waals surface area contributed by atoms with Crippen molar-refractivity contribution in [2.45, 2.75) is 12.8 Å². The van der Waals surface area contributed by atoms with Crippen LogP contribution in [0.5, 0.6) is 5.75 Å². The third kappa shape index (κ3) is 4.87. The molecule has 0 aromatic heterocycles. The number of benzene rings is 1. The fraction of sp³-hybridized carbons (Fsp3) is 0.562. The molecule has 5 nitrogen and oxygen atoms in total. The zero-order valence-corrected chi connectivity index (χ0v) is 13.1. The third-order valence-corrected chi connectivity index (χ3v) is 3.51. The third-order valence-electron chi connectivity index (χ3n) is 3.51. The molecule has 1 aliphatic heterocycles. The number of hydrogen-bond acceptors (Lipinski definition) is 5. The average Bonchev–Trinajstić information content (AvgIpc) is 2.56. The topological polar surface area (TPSA) is 48.0 Å². The summed E-state index contributed by atoms with van der Waals surface area (Å²) >= 11 is 0. The Morgan fingerprint density at radius 2 is 2.09 bits per heavy atom. The van der Waals surface area contributed by atoms with Crippen LogP contribution in [-0.4, -0.2) is 56.9 Å². The molecule has 1 fully saturated rings. The van der Waals surface area contributed by atoms with Crippen molar-refractivity contribution in [3.8, 4) is 5.75 Å². The van der Waals surface area contributed by atoms with Crippen molar-refractivity contribution in [2.75, 3.05) is 46.1 Å². The lowest BCUT2D eigenvalue weighted by molar-refractivity contribution is -0.173. The molecule has 0 radical (unpaired) electrons. The van der Waals surface area contributed by atoms with Crippen LogP contribution in [0.1, 0.15) is 12.5 Å². The van der Waals surface area contributed by atoms with Gasteiger partial charge in [-0.1, -0.05) is 12.1 Å². The molecule has 7 heteroatoms. The van der Waals surface area contributed by atoms with Gasteiger partial charge in [-0.15, -0.1) is 0 Å². The first-order valence-corrected chi connectivity index (χ1v) is 7.62. The Kier molecular flexibility index (Phi) is 6.29. The summed E-state index contributed by atoms with van der Waals surface area (Å²) in [5, 5.41) is 0. The minimum Gasteiger partial charge on any atom is -0.492 e. The second-order valence-corrected chi connectivity index (χ2v) is 5.13. The molecule has 23 heavy (non-hydrogen) atoms. The molecule has 0 spiro atoms. The molecule has 0 bridgehead atoms. The van der Waals surface area contributed by atoms with E-state index in [-0.39, 0.29) is 6.61 Å². The fourth-order valence-electron chi connectivity index (χ4n) is 2.24. The van der Waals surface area contributed by atoms with Gasteiger partial charge in [0.25, 0.3) is 0 Å². The Labute approximate surface area is 134 Å². The number of alkyl halides is 2. The van der Waals surface area contributed by atoms with Gasteiger partial charge in [0.2, 0.25) is 0 Å². The van der Waals surface area contributed by atoms with E-state index < -0.39 is 17.5 Å². The number of hydrogen-bond donors (Lipinski definition) is 0. The van der Waals surface area contributed by atoms with Crippen LogP contribution in [0.2, 0.25) is 0 Å². The molecule has 0 saturated carbocycles. The van der Waals surface area contributed by atoms with Crippen LogP contribution in [0.3, 0.4) is 0 Å². The van der Waals surface area contributed by atoms with E-state index in [1.807, 2.05) is 0 Å². The highest BCUT2D eigenvalue weighted by atomic mass is 19.3. The number of carbonyl (C=O) groups is 1. The number of halogens is 2. The number of ether oxygens (including phenoxy) is 3. The van der Waals surface area contributed by atoms with Gasteiger partial charge in [0, 0.05) is 25.2 Å². The monoisotopic (exact) mass is 329 g/mol. The molecule has 0 amide bonds. The van der Waals surface area contributed by atoms with Gasteiger partial charge in [-0.25, -0.2) is 4.79 Å². The molecule has 2 rings (SSSR count). The normalized spacial score (nSPS) is 16.1. The smallest absolute Gasteiger partial charge is 0.381 e. The second kappa shape index (κ2) is 8.21. The maximum Gasteiger partial charge on any atom is 0.381 e. The van der Waals surface area contributed by atoms with E-state index in [1.54, 1.807) is 6.07 Å². The summed E-state index contributed by atoms with van der Waals surface area (Å²) in [5.41, 5.74) is -0.431. The van der Waals surface area contributed by atoms with Crippen molar-refractivity contribution in [3.63, 3.8) is 0 Å². The van der Waals surface area contributed by atoms with Gasteiger partial charge >= 0.3 is 11.9 Å².